The van der Waals surface area contributed by atoms with Crippen molar-refractivity contribution in [1.29, 1.82) is 0 Å². The van der Waals surface area contributed by atoms with Crippen molar-refractivity contribution in [2.45, 2.75) is 51.5 Å². The van der Waals surface area contributed by atoms with E-state index in [4.69, 9.17) is 0 Å². The highest BCUT2D eigenvalue weighted by Gasteiger charge is 2.35. The fraction of sp³-hybridized carbons (Fsp3) is 0.435. The molecule has 0 spiro atoms. The number of amides is 1. The maximum atomic E-state index is 13.3. The lowest BCUT2D eigenvalue weighted by Crippen LogP contribution is -2.46. The second-order valence-corrected chi connectivity index (χ2v) is 9.95. The lowest BCUT2D eigenvalue weighted by atomic mass is 9.98. The Bertz CT molecular complexity index is 963. The van der Waals surface area contributed by atoms with E-state index in [-0.39, 0.29) is 24.4 Å². The molecule has 0 radical (unpaired) electrons. The molecule has 1 saturated heterocycles. The van der Waals surface area contributed by atoms with Crippen LogP contribution in [0.3, 0.4) is 0 Å². The monoisotopic (exact) mass is 414 g/mol. The van der Waals surface area contributed by atoms with Gasteiger partial charge in [0, 0.05) is 13.1 Å². The van der Waals surface area contributed by atoms with Gasteiger partial charge < -0.3 is 5.32 Å². The van der Waals surface area contributed by atoms with E-state index < -0.39 is 10.0 Å². The molecule has 0 bridgehead atoms. The quantitative estimate of drug-likeness (QED) is 0.807. The Kier molecular flexibility index (Phi) is 6.44. The van der Waals surface area contributed by atoms with Gasteiger partial charge in [-0.2, -0.15) is 4.31 Å². The number of benzene rings is 2. The summed E-state index contributed by atoms with van der Waals surface area (Å²) in [7, 11) is -3.63. The van der Waals surface area contributed by atoms with Crippen LogP contribution in [0.4, 0.5) is 0 Å². The van der Waals surface area contributed by atoms with Gasteiger partial charge in [0.05, 0.1) is 16.9 Å². The Morgan fingerprint density at radius 2 is 1.72 bits per heavy atom. The Hall–Kier alpha value is -2.18. The lowest BCUT2D eigenvalue weighted by molar-refractivity contribution is -0.126. The Morgan fingerprint density at radius 3 is 2.34 bits per heavy atom. The Labute approximate surface area is 174 Å². The van der Waals surface area contributed by atoms with Crippen molar-refractivity contribution in [3.05, 3.63) is 64.7 Å². The van der Waals surface area contributed by atoms with Gasteiger partial charge in [0.1, 0.15) is 0 Å². The average Bonchev–Trinajstić information content (AvgIpc) is 2.67. The van der Waals surface area contributed by atoms with Crippen molar-refractivity contribution in [3.8, 4) is 0 Å². The second-order valence-electron chi connectivity index (χ2n) is 8.07. The van der Waals surface area contributed by atoms with E-state index in [0.717, 1.165) is 22.3 Å². The summed E-state index contributed by atoms with van der Waals surface area (Å²) in [5.74, 6) is -0.422. The number of piperidine rings is 1. The van der Waals surface area contributed by atoms with Crippen molar-refractivity contribution >= 4 is 15.9 Å². The molecule has 0 aromatic heterocycles. The summed E-state index contributed by atoms with van der Waals surface area (Å²) in [5, 5.41) is 3.05. The van der Waals surface area contributed by atoms with Gasteiger partial charge in [0.15, 0.2) is 0 Å². The number of sulfonamides is 1. The molecule has 0 aliphatic carbocycles. The molecule has 1 fully saturated rings. The van der Waals surface area contributed by atoms with Crippen LogP contribution in [0.2, 0.25) is 0 Å². The van der Waals surface area contributed by atoms with E-state index in [1.807, 2.05) is 70.2 Å². The third kappa shape index (κ3) is 4.70. The van der Waals surface area contributed by atoms with E-state index in [0.29, 0.717) is 24.3 Å². The minimum atomic E-state index is -3.63. The van der Waals surface area contributed by atoms with Gasteiger partial charge in [0.25, 0.3) is 0 Å². The highest BCUT2D eigenvalue weighted by Crippen LogP contribution is 2.29. The van der Waals surface area contributed by atoms with Gasteiger partial charge in [-0.15, -0.1) is 0 Å². The molecule has 1 heterocycles. The van der Waals surface area contributed by atoms with E-state index in [1.165, 1.54) is 4.31 Å². The SMILES string of the molecule is Cc1cc(C)c(S(=O)(=O)N2CCC[C@@H](C(=O)N[C@H](C)c3ccccc3)C2)c(C)c1. The molecule has 0 unspecified atom stereocenters. The molecule has 29 heavy (non-hydrogen) atoms. The first-order valence-corrected chi connectivity index (χ1v) is 11.6. The molecule has 6 heteroatoms. The molecule has 5 nitrogen and oxygen atoms in total. The molecule has 156 valence electrons. The van der Waals surface area contributed by atoms with Crippen LogP contribution >= 0.6 is 0 Å². The summed E-state index contributed by atoms with van der Waals surface area (Å²) in [5.41, 5.74) is 3.59. The van der Waals surface area contributed by atoms with E-state index in [1.54, 1.807) is 0 Å². The fourth-order valence-corrected chi connectivity index (χ4v) is 6.17. The van der Waals surface area contributed by atoms with Crippen LogP contribution in [0.1, 0.15) is 48.1 Å². The molecule has 2 atom stereocenters. The van der Waals surface area contributed by atoms with Gasteiger partial charge >= 0.3 is 0 Å². The number of nitrogens with one attached hydrogen (secondary N) is 1. The summed E-state index contributed by atoms with van der Waals surface area (Å²) in [6.07, 6.45) is 1.38. The fourth-order valence-electron chi connectivity index (χ4n) is 4.23. The van der Waals surface area contributed by atoms with Gasteiger partial charge in [-0.05, 0) is 57.2 Å². The maximum absolute atomic E-state index is 13.3. The van der Waals surface area contributed by atoms with Gasteiger partial charge in [-0.1, -0.05) is 48.0 Å². The molecular formula is C23H30N2O3S. The van der Waals surface area contributed by atoms with Crippen molar-refractivity contribution in [3.63, 3.8) is 0 Å². The molecule has 1 amide bonds. The van der Waals surface area contributed by atoms with Crippen molar-refractivity contribution < 1.29 is 13.2 Å². The second kappa shape index (κ2) is 8.67. The zero-order valence-corrected chi connectivity index (χ0v) is 18.4. The van der Waals surface area contributed by atoms with Crippen LogP contribution in [0, 0.1) is 26.7 Å². The molecule has 1 aliphatic heterocycles. The number of aryl methyl sites for hydroxylation is 3. The minimum absolute atomic E-state index is 0.0846. The maximum Gasteiger partial charge on any atom is 0.243 e. The summed E-state index contributed by atoms with van der Waals surface area (Å²) in [6, 6.07) is 13.5. The normalized spacial score (nSPS) is 19.0. The number of nitrogens with zero attached hydrogens (tertiary/aromatic N) is 1. The van der Waals surface area contributed by atoms with Crippen molar-refractivity contribution in [2.75, 3.05) is 13.1 Å². The standard InChI is InChI=1S/C23H30N2O3S/c1-16-13-17(2)22(18(3)14-16)29(27,28)25-12-8-11-21(15-25)23(26)24-19(4)20-9-6-5-7-10-20/h5-7,9-10,13-14,19,21H,8,11-12,15H2,1-4H3,(H,24,26)/t19-,21-/m1/s1. The first-order chi connectivity index (χ1) is 13.7. The van der Waals surface area contributed by atoms with Crippen LogP contribution in [-0.4, -0.2) is 31.7 Å². The first kappa shape index (κ1) is 21.5. The highest BCUT2D eigenvalue weighted by molar-refractivity contribution is 7.89. The predicted molar refractivity (Wildman–Crippen MR) is 115 cm³/mol. The van der Waals surface area contributed by atoms with Gasteiger partial charge in [0.2, 0.25) is 15.9 Å². The van der Waals surface area contributed by atoms with Crippen LogP contribution in [-0.2, 0) is 14.8 Å². The number of carbonyl (C=O) groups excluding carboxylic acids is 1. The molecule has 3 rings (SSSR count). The highest BCUT2D eigenvalue weighted by atomic mass is 32.2. The molecular weight excluding hydrogens is 384 g/mol. The first-order valence-electron chi connectivity index (χ1n) is 10.1. The summed E-state index contributed by atoms with van der Waals surface area (Å²) in [4.78, 5) is 13.2. The van der Waals surface area contributed by atoms with Crippen molar-refractivity contribution in [2.24, 2.45) is 5.92 Å². The largest absolute Gasteiger partial charge is 0.349 e. The van der Waals surface area contributed by atoms with E-state index in [2.05, 4.69) is 5.32 Å². The topological polar surface area (TPSA) is 66.5 Å². The summed E-state index contributed by atoms with van der Waals surface area (Å²) >= 11 is 0. The summed E-state index contributed by atoms with van der Waals surface area (Å²) in [6.45, 7) is 8.26. The molecule has 2 aromatic rings. The lowest BCUT2D eigenvalue weighted by Gasteiger charge is -2.32. The number of carbonyl (C=O) groups is 1. The van der Waals surface area contributed by atoms with Gasteiger partial charge in [-0.25, -0.2) is 8.42 Å². The Morgan fingerprint density at radius 1 is 1.10 bits per heavy atom. The average molecular weight is 415 g/mol. The predicted octanol–water partition coefficient (Wildman–Crippen LogP) is 3.89. The summed E-state index contributed by atoms with van der Waals surface area (Å²) < 4.78 is 28.2. The zero-order chi connectivity index (χ0) is 21.2. The van der Waals surface area contributed by atoms with Crippen molar-refractivity contribution in [1.82, 2.24) is 9.62 Å². The van der Waals surface area contributed by atoms with E-state index >= 15 is 0 Å². The zero-order valence-electron chi connectivity index (χ0n) is 17.6. The van der Waals surface area contributed by atoms with Crippen LogP contribution in [0.5, 0.6) is 0 Å². The minimum Gasteiger partial charge on any atom is -0.349 e. The molecule has 1 aliphatic rings. The number of hydrogen-bond acceptors (Lipinski definition) is 3. The van der Waals surface area contributed by atoms with Crippen LogP contribution in [0.15, 0.2) is 47.4 Å². The van der Waals surface area contributed by atoms with Crippen LogP contribution in [0.25, 0.3) is 0 Å². The van der Waals surface area contributed by atoms with Crippen LogP contribution < -0.4 is 5.32 Å². The smallest absolute Gasteiger partial charge is 0.243 e. The molecule has 1 N–H and O–H groups in total. The molecule has 2 aromatic carbocycles. The third-order valence-electron chi connectivity index (χ3n) is 5.62. The van der Waals surface area contributed by atoms with E-state index in [9.17, 15) is 13.2 Å². The van der Waals surface area contributed by atoms with Gasteiger partial charge in [-0.3, -0.25) is 4.79 Å². The third-order valence-corrected chi connectivity index (χ3v) is 7.79. The molecule has 0 saturated carbocycles. The number of hydrogen-bond donors (Lipinski definition) is 1. The number of rotatable bonds is 5. The Balaban J connectivity index is 1.76.